The summed E-state index contributed by atoms with van der Waals surface area (Å²) in [6, 6.07) is 0. The van der Waals surface area contributed by atoms with E-state index >= 15 is 0 Å². The summed E-state index contributed by atoms with van der Waals surface area (Å²) in [5.41, 5.74) is -1.11. The molecule has 12 nitrogen and oxygen atoms in total. The summed E-state index contributed by atoms with van der Waals surface area (Å²) in [4.78, 5) is 40.1. The molecule has 1 amide bonds. The molecule has 0 bridgehead atoms. The van der Waals surface area contributed by atoms with Crippen LogP contribution >= 0.6 is 0 Å². The highest BCUT2D eigenvalue weighted by atomic mass is 16.6. The number of hydrogen-bond acceptors (Lipinski definition) is 11. The Hall–Kier alpha value is -2.77. The number of carbonyl (C=O) groups is 3. The molecule has 278 valence electrons. The summed E-state index contributed by atoms with van der Waals surface area (Å²) in [5, 5.41) is 14.0. The summed E-state index contributed by atoms with van der Waals surface area (Å²) >= 11 is 0. The van der Waals surface area contributed by atoms with Gasteiger partial charge in [-0.3, -0.25) is 9.59 Å². The molecule has 0 aliphatic carbocycles. The molecule has 0 spiro atoms. The van der Waals surface area contributed by atoms with E-state index in [1.807, 2.05) is 45.1 Å². The maximum Gasteiger partial charge on any atom is 0.410 e. The Labute approximate surface area is 292 Å². The lowest BCUT2D eigenvalue weighted by Gasteiger charge is -2.37. The lowest BCUT2D eigenvalue weighted by Crippen LogP contribution is -2.51. The molecule has 3 heterocycles. The van der Waals surface area contributed by atoms with E-state index < -0.39 is 47.5 Å². The Morgan fingerprint density at radius 3 is 2.53 bits per heavy atom. The normalized spacial score (nSPS) is 33.3. The first kappa shape index (κ1) is 40.7. The van der Waals surface area contributed by atoms with Crippen LogP contribution in [0.15, 0.2) is 36.0 Å². The van der Waals surface area contributed by atoms with E-state index in [-0.39, 0.29) is 49.4 Å². The molecule has 0 saturated carbocycles. The Morgan fingerprint density at radius 1 is 1.22 bits per heavy atom. The molecule has 3 aliphatic heterocycles. The Kier molecular flexibility index (Phi) is 15.3. The number of nitrogens with one attached hydrogen (secondary N) is 1. The summed E-state index contributed by atoms with van der Waals surface area (Å²) < 4.78 is 35.3. The van der Waals surface area contributed by atoms with Gasteiger partial charge in [-0.25, -0.2) is 4.79 Å². The van der Waals surface area contributed by atoms with Crippen LogP contribution in [0, 0.1) is 11.8 Å². The van der Waals surface area contributed by atoms with Crippen LogP contribution in [0.5, 0.6) is 0 Å². The van der Waals surface area contributed by atoms with E-state index in [4.69, 9.17) is 28.4 Å². The van der Waals surface area contributed by atoms with Crippen molar-refractivity contribution in [3.8, 4) is 0 Å². The van der Waals surface area contributed by atoms with Crippen molar-refractivity contribution in [2.45, 2.75) is 128 Å². The fourth-order valence-corrected chi connectivity index (χ4v) is 6.77. The van der Waals surface area contributed by atoms with Crippen molar-refractivity contribution in [1.82, 2.24) is 10.2 Å². The molecule has 3 rings (SSSR count). The van der Waals surface area contributed by atoms with Crippen molar-refractivity contribution in [2.24, 2.45) is 11.8 Å². The molecule has 2 N–H and O–H groups in total. The second-order valence-electron chi connectivity index (χ2n) is 14.2. The summed E-state index contributed by atoms with van der Waals surface area (Å²) in [5.74, 6) is -1.18. The van der Waals surface area contributed by atoms with Gasteiger partial charge >= 0.3 is 18.0 Å². The smallest absolute Gasteiger partial charge is 0.410 e. The van der Waals surface area contributed by atoms with Crippen LogP contribution in [0.1, 0.15) is 80.6 Å². The monoisotopic (exact) mass is 692 g/mol. The summed E-state index contributed by atoms with van der Waals surface area (Å²) in [6.07, 6.45) is 8.04. The minimum atomic E-state index is -1.29. The van der Waals surface area contributed by atoms with Crippen LogP contribution in [0.3, 0.4) is 0 Å². The molecule has 2 saturated heterocycles. The molecule has 0 aromatic carbocycles. The van der Waals surface area contributed by atoms with E-state index in [9.17, 15) is 19.5 Å². The number of rotatable bonds is 12. The summed E-state index contributed by atoms with van der Waals surface area (Å²) in [7, 11) is 3.41. The zero-order valence-corrected chi connectivity index (χ0v) is 30.9. The number of aliphatic hydroxyl groups excluding tert-OH is 1. The third kappa shape index (κ3) is 11.9. The largest absolute Gasteiger partial charge is 0.457 e. The van der Waals surface area contributed by atoms with Gasteiger partial charge in [-0.05, 0) is 51.7 Å². The second kappa shape index (κ2) is 18.5. The fraction of sp³-hybridized carbons (Fsp3) is 0.757. The van der Waals surface area contributed by atoms with Gasteiger partial charge in [-0.15, -0.1) is 0 Å². The lowest BCUT2D eigenvalue weighted by atomic mass is 9.88. The molecular formula is C37H60N2O10. The first-order valence-electron chi connectivity index (χ1n) is 17.7. The number of hydrogen-bond donors (Lipinski definition) is 2. The van der Waals surface area contributed by atoms with E-state index in [0.717, 1.165) is 12.0 Å². The lowest BCUT2D eigenvalue weighted by molar-refractivity contribution is -0.168. The molecule has 0 aromatic heterocycles. The molecule has 2 fully saturated rings. The van der Waals surface area contributed by atoms with Gasteiger partial charge in [0.1, 0.15) is 11.7 Å². The van der Waals surface area contributed by atoms with Crippen LogP contribution in [0.4, 0.5) is 4.79 Å². The number of cyclic esters (lactones) is 1. The number of methoxy groups -OCH3 is 2. The van der Waals surface area contributed by atoms with Crippen LogP contribution in [0.2, 0.25) is 0 Å². The number of piperazine rings is 1. The Bertz CT molecular complexity index is 1200. The van der Waals surface area contributed by atoms with Crippen LogP contribution in [-0.4, -0.2) is 116 Å². The number of carbonyl (C=O) groups excluding carboxylic acids is 3. The van der Waals surface area contributed by atoms with Crippen molar-refractivity contribution in [3.63, 3.8) is 0 Å². The number of ether oxygens (including phenoxy) is 6. The summed E-state index contributed by atoms with van der Waals surface area (Å²) in [6.45, 7) is 15.3. The fourth-order valence-electron chi connectivity index (χ4n) is 6.77. The minimum absolute atomic E-state index is 0.0639. The third-order valence-corrected chi connectivity index (χ3v) is 10.0. The highest BCUT2D eigenvalue weighted by Gasteiger charge is 2.48. The van der Waals surface area contributed by atoms with Gasteiger partial charge < -0.3 is 43.7 Å². The zero-order valence-electron chi connectivity index (χ0n) is 30.9. The molecular weight excluding hydrogens is 632 g/mol. The van der Waals surface area contributed by atoms with Crippen molar-refractivity contribution < 1.29 is 47.9 Å². The van der Waals surface area contributed by atoms with E-state index in [1.54, 1.807) is 32.1 Å². The van der Waals surface area contributed by atoms with Crippen molar-refractivity contribution >= 4 is 18.0 Å². The van der Waals surface area contributed by atoms with Crippen molar-refractivity contribution in [2.75, 3.05) is 40.4 Å². The quantitative estimate of drug-likeness (QED) is 0.0981. The van der Waals surface area contributed by atoms with Crippen molar-refractivity contribution in [1.29, 1.82) is 0 Å². The predicted molar refractivity (Wildman–Crippen MR) is 185 cm³/mol. The molecule has 0 unspecified atom stereocenters. The standard InChI is InChI=1S/C37H60N2O10/c1-10-29(44-8)26(4)34-30(46-34)23-36(6,45-9)16-11-12-24(2)33-25(3)13-14-31(47-35(43)39-20-18-38-19-21-39)37(7,49-27(5)40)17-15-28(41)22-32(42)48-33/h11-14,16,25-26,28-31,33-34,38,41H,10,15,17-23H2,1-9H3/b14-13+,16-11+,24-12+/t25-,26+,28+,29-,30+,31-,33+,34+,36-,37+/m0/s1. The first-order chi connectivity index (χ1) is 23.1. The highest BCUT2D eigenvalue weighted by molar-refractivity contribution is 5.71. The van der Waals surface area contributed by atoms with E-state index in [0.29, 0.717) is 32.6 Å². The molecule has 3 aliphatic rings. The molecule has 12 heteroatoms. The number of amides is 1. The number of epoxide rings is 1. The van der Waals surface area contributed by atoms with E-state index in [2.05, 4.69) is 19.2 Å². The SMILES string of the molecule is CC[C@H](OC)[C@@H](C)[C@H]1O[C@@H]1C[C@](C)(/C=C/C=C(\C)[C@H]1OC(=O)C[C@H](O)CC[C@@](C)(OC(C)=O)[C@@H](OC(=O)N2CCNCC2)/C=C/[C@@H]1C)OC. The average molecular weight is 693 g/mol. The molecule has 0 aromatic rings. The van der Waals surface area contributed by atoms with Gasteiger partial charge in [0.2, 0.25) is 0 Å². The first-order valence-corrected chi connectivity index (χ1v) is 17.7. The van der Waals surface area contributed by atoms with Crippen molar-refractivity contribution in [3.05, 3.63) is 36.0 Å². The minimum Gasteiger partial charge on any atom is -0.457 e. The van der Waals surface area contributed by atoms with Gasteiger partial charge in [-0.2, -0.15) is 0 Å². The number of esters is 2. The van der Waals surface area contributed by atoms with Crippen LogP contribution in [-0.2, 0) is 38.0 Å². The van der Waals surface area contributed by atoms with E-state index in [1.165, 1.54) is 6.92 Å². The van der Waals surface area contributed by atoms with Gasteiger partial charge in [0, 0.05) is 65.6 Å². The number of nitrogens with zero attached hydrogens (tertiary/aromatic N) is 1. The average Bonchev–Trinajstić information content (AvgIpc) is 3.82. The Morgan fingerprint density at radius 2 is 1.92 bits per heavy atom. The van der Waals surface area contributed by atoms with Gasteiger partial charge in [-0.1, -0.05) is 45.1 Å². The number of aliphatic hydroxyl groups is 1. The van der Waals surface area contributed by atoms with Gasteiger partial charge in [0.15, 0.2) is 6.10 Å². The highest BCUT2D eigenvalue weighted by Crippen LogP contribution is 2.39. The Balaban J connectivity index is 1.84. The second-order valence-corrected chi connectivity index (χ2v) is 14.2. The van der Waals surface area contributed by atoms with Crippen LogP contribution in [0.25, 0.3) is 0 Å². The maximum absolute atomic E-state index is 13.2. The van der Waals surface area contributed by atoms with Crippen LogP contribution < -0.4 is 5.32 Å². The van der Waals surface area contributed by atoms with Gasteiger partial charge in [0.25, 0.3) is 0 Å². The molecule has 10 atom stereocenters. The molecule has 0 radical (unpaired) electrons. The topological polar surface area (TPSA) is 145 Å². The predicted octanol–water partition coefficient (Wildman–Crippen LogP) is 4.49. The number of allylic oxidation sites excluding steroid dienone is 2. The van der Waals surface area contributed by atoms with Gasteiger partial charge in [0.05, 0.1) is 36.4 Å². The third-order valence-electron chi connectivity index (χ3n) is 10.0. The molecule has 49 heavy (non-hydrogen) atoms. The zero-order chi connectivity index (χ0) is 36.4. The maximum atomic E-state index is 13.2.